The summed E-state index contributed by atoms with van der Waals surface area (Å²) in [6, 6.07) is 2.17. The van der Waals surface area contributed by atoms with Crippen molar-refractivity contribution in [1.29, 1.82) is 5.26 Å². The minimum Gasteiger partial charge on any atom is -0.465 e. The predicted octanol–water partition coefficient (Wildman–Crippen LogP) is 1.67. The van der Waals surface area contributed by atoms with Gasteiger partial charge in [0.05, 0.1) is 12.7 Å². The van der Waals surface area contributed by atoms with Crippen LogP contribution in [0.5, 0.6) is 0 Å². The highest BCUT2D eigenvalue weighted by molar-refractivity contribution is 5.80. The van der Waals surface area contributed by atoms with Crippen molar-refractivity contribution < 1.29 is 22.7 Å². The van der Waals surface area contributed by atoms with Crippen LogP contribution in [0.25, 0.3) is 0 Å². The van der Waals surface area contributed by atoms with Crippen LogP contribution in [-0.4, -0.2) is 22.5 Å². The third-order valence-electron chi connectivity index (χ3n) is 1.87. The third kappa shape index (κ3) is 3.16. The second-order valence-corrected chi connectivity index (χ2v) is 3.11. The first kappa shape index (κ1) is 13.9. The van der Waals surface area contributed by atoms with E-state index in [1.165, 1.54) is 13.0 Å². The molecule has 1 rings (SSSR count). The Morgan fingerprint density at radius 2 is 2.28 bits per heavy atom. The normalized spacial score (nSPS) is 12.6. The van der Waals surface area contributed by atoms with Gasteiger partial charge in [0.25, 0.3) is 0 Å². The number of carbonyl (C=O) groups excluding carboxylic acids is 1. The van der Waals surface area contributed by atoms with E-state index in [0.717, 1.165) is 6.20 Å². The van der Waals surface area contributed by atoms with Crippen molar-refractivity contribution >= 4 is 5.97 Å². The van der Waals surface area contributed by atoms with Crippen LogP contribution in [0, 0.1) is 11.3 Å². The van der Waals surface area contributed by atoms with Gasteiger partial charge in [-0.05, 0) is 13.0 Å². The first-order chi connectivity index (χ1) is 8.40. The van der Waals surface area contributed by atoms with Gasteiger partial charge in [-0.3, -0.25) is 4.79 Å². The van der Waals surface area contributed by atoms with Gasteiger partial charge in [0.2, 0.25) is 5.92 Å². The summed E-state index contributed by atoms with van der Waals surface area (Å²) >= 11 is 0. The van der Waals surface area contributed by atoms with Crippen molar-refractivity contribution in [2.75, 3.05) is 6.61 Å². The molecule has 1 heterocycles. The van der Waals surface area contributed by atoms with Crippen LogP contribution in [0.4, 0.5) is 13.2 Å². The molecule has 1 aromatic heterocycles. The fourth-order valence-corrected chi connectivity index (χ4v) is 1.11. The summed E-state index contributed by atoms with van der Waals surface area (Å²) in [4.78, 5) is 18.0. The zero-order valence-electron chi connectivity index (χ0n) is 9.23. The molecule has 0 aliphatic heterocycles. The Hall–Kier alpha value is -2.17. The summed E-state index contributed by atoms with van der Waals surface area (Å²) in [5.74, 6) is -3.06. The molecule has 0 fully saturated rings. The maximum atomic E-state index is 12.4. The van der Waals surface area contributed by atoms with Crippen LogP contribution >= 0.6 is 0 Å². The van der Waals surface area contributed by atoms with Gasteiger partial charge in [-0.2, -0.15) is 18.4 Å². The number of carbonyl (C=O) groups is 1. The number of nitrogens with zero attached hydrogens (tertiary/aromatic N) is 3. The molecule has 0 bridgehead atoms. The van der Waals surface area contributed by atoms with Crippen molar-refractivity contribution in [3.05, 3.63) is 23.8 Å². The number of nitriles is 1. The Kier molecular flexibility index (Phi) is 4.20. The second kappa shape index (κ2) is 5.44. The van der Waals surface area contributed by atoms with Crippen molar-refractivity contribution in [2.45, 2.75) is 19.0 Å². The number of hydrogen-bond acceptors (Lipinski definition) is 5. The van der Waals surface area contributed by atoms with Gasteiger partial charge >= 0.3 is 12.1 Å². The lowest BCUT2D eigenvalue weighted by atomic mass is 10.1. The number of hydrogen-bond donors (Lipinski definition) is 0. The third-order valence-corrected chi connectivity index (χ3v) is 1.87. The molecular weight excluding hydrogens is 251 g/mol. The lowest BCUT2D eigenvalue weighted by Crippen LogP contribution is -2.19. The minimum atomic E-state index is -4.66. The maximum absolute atomic E-state index is 12.4. The quantitative estimate of drug-likeness (QED) is 0.771. The Labute approximate surface area is 100 Å². The van der Waals surface area contributed by atoms with E-state index in [-0.39, 0.29) is 6.61 Å². The van der Waals surface area contributed by atoms with E-state index >= 15 is 0 Å². The lowest BCUT2D eigenvalue weighted by Gasteiger charge is -2.09. The minimum absolute atomic E-state index is 0.00990. The molecule has 0 aliphatic carbocycles. The number of alkyl halides is 3. The molecule has 0 radical (unpaired) electrons. The molecule has 0 aromatic carbocycles. The standard InChI is InChI=1S/C10H8F3N3O2/c1-2-18-9(17)6(5-14)8-15-4-3-7(16-8)10(11,12)13/h3-4,6H,2H2,1H3. The fraction of sp³-hybridized carbons (Fsp3) is 0.400. The topological polar surface area (TPSA) is 75.9 Å². The maximum Gasteiger partial charge on any atom is 0.433 e. The van der Waals surface area contributed by atoms with Crippen LogP contribution in [0.3, 0.4) is 0 Å². The summed E-state index contributed by atoms with van der Waals surface area (Å²) in [5.41, 5.74) is -1.21. The van der Waals surface area contributed by atoms with Gasteiger partial charge in [0, 0.05) is 6.20 Å². The molecular formula is C10H8F3N3O2. The molecule has 0 N–H and O–H groups in total. The van der Waals surface area contributed by atoms with Crippen LogP contribution < -0.4 is 0 Å². The van der Waals surface area contributed by atoms with E-state index in [1.54, 1.807) is 0 Å². The molecule has 1 unspecified atom stereocenters. The zero-order valence-corrected chi connectivity index (χ0v) is 9.23. The highest BCUT2D eigenvalue weighted by Gasteiger charge is 2.34. The predicted molar refractivity (Wildman–Crippen MR) is 52.0 cm³/mol. The van der Waals surface area contributed by atoms with Gasteiger partial charge in [0.1, 0.15) is 5.69 Å². The summed E-state index contributed by atoms with van der Waals surface area (Å²) in [7, 11) is 0. The summed E-state index contributed by atoms with van der Waals surface area (Å²) in [5, 5.41) is 8.76. The lowest BCUT2D eigenvalue weighted by molar-refractivity contribution is -0.145. The zero-order chi connectivity index (χ0) is 13.8. The number of aromatic nitrogens is 2. The fourth-order valence-electron chi connectivity index (χ4n) is 1.11. The van der Waals surface area contributed by atoms with Gasteiger partial charge in [0.15, 0.2) is 5.82 Å². The van der Waals surface area contributed by atoms with E-state index in [0.29, 0.717) is 6.07 Å². The van der Waals surface area contributed by atoms with Crippen molar-refractivity contribution in [3.63, 3.8) is 0 Å². The molecule has 1 atom stereocenters. The average molecular weight is 259 g/mol. The molecule has 0 saturated heterocycles. The summed E-state index contributed by atoms with van der Waals surface area (Å²) in [6.45, 7) is 1.52. The first-order valence-corrected chi connectivity index (χ1v) is 4.86. The first-order valence-electron chi connectivity index (χ1n) is 4.86. The van der Waals surface area contributed by atoms with E-state index in [1.807, 2.05) is 0 Å². The average Bonchev–Trinajstić information content (AvgIpc) is 2.29. The van der Waals surface area contributed by atoms with Gasteiger partial charge in [-0.15, -0.1) is 0 Å². The summed E-state index contributed by atoms with van der Waals surface area (Å²) in [6.07, 6.45) is -3.82. The Morgan fingerprint density at radius 1 is 1.61 bits per heavy atom. The SMILES string of the molecule is CCOC(=O)C(C#N)c1nccc(C(F)(F)F)n1. The number of rotatable bonds is 3. The molecule has 18 heavy (non-hydrogen) atoms. The second-order valence-electron chi connectivity index (χ2n) is 3.11. The van der Waals surface area contributed by atoms with Crippen LogP contribution in [0.15, 0.2) is 12.3 Å². The molecule has 96 valence electrons. The molecule has 0 aliphatic rings. The molecule has 1 aromatic rings. The van der Waals surface area contributed by atoms with Gasteiger partial charge in [-0.25, -0.2) is 9.97 Å². The number of halogens is 3. The monoisotopic (exact) mass is 259 g/mol. The van der Waals surface area contributed by atoms with E-state index in [4.69, 9.17) is 5.26 Å². The molecule has 0 saturated carbocycles. The molecule has 0 spiro atoms. The van der Waals surface area contributed by atoms with Crippen LogP contribution in [0.1, 0.15) is 24.4 Å². The van der Waals surface area contributed by atoms with Crippen LogP contribution in [-0.2, 0) is 15.7 Å². The molecule has 5 nitrogen and oxygen atoms in total. The highest BCUT2D eigenvalue weighted by Crippen LogP contribution is 2.27. The number of esters is 1. The largest absolute Gasteiger partial charge is 0.465 e. The molecule has 8 heteroatoms. The molecule has 0 amide bonds. The number of ether oxygens (including phenoxy) is 1. The Bertz CT molecular complexity index is 482. The highest BCUT2D eigenvalue weighted by atomic mass is 19.4. The van der Waals surface area contributed by atoms with Crippen LogP contribution in [0.2, 0.25) is 0 Å². The van der Waals surface area contributed by atoms with E-state index in [9.17, 15) is 18.0 Å². The summed E-state index contributed by atoms with van der Waals surface area (Å²) < 4.78 is 41.7. The Balaban J connectivity index is 3.09. The van der Waals surface area contributed by atoms with E-state index in [2.05, 4.69) is 14.7 Å². The van der Waals surface area contributed by atoms with Crippen molar-refractivity contribution in [3.8, 4) is 6.07 Å². The van der Waals surface area contributed by atoms with Gasteiger partial charge < -0.3 is 4.74 Å². The van der Waals surface area contributed by atoms with Crippen molar-refractivity contribution in [1.82, 2.24) is 9.97 Å². The van der Waals surface area contributed by atoms with E-state index < -0.39 is 29.6 Å². The van der Waals surface area contributed by atoms with Crippen molar-refractivity contribution in [2.24, 2.45) is 0 Å². The Morgan fingerprint density at radius 3 is 2.78 bits per heavy atom. The smallest absolute Gasteiger partial charge is 0.433 e. The van der Waals surface area contributed by atoms with Gasteiger partial charge in [-0.1, -0.05) is 0 Å².